The van der Waals surface area contributed by atoms with Crippen molar-refractivity contribution in [3.8, 4) is 0 Å². The molecule has 0 aromatic rings. The van der Waals surface area contributed by atoms with E-state index in [9.17, 15) is 14.7 Å². The number of carbonyl (C=O) groups is 2. The fourth-order valence-corrected chi connectivity index (χ4v) is 2.01. The summed E-state index contributed by atoms with van der Waals surface area (Å²) in [6.07, 6.45) is 0.845. The summed E-state index contributed by atoms with van der Waals surface area (Å²) in [5.74, 6) is -0.782. The van der Waals surface area contributed by atoms with Crippen LogP contribution in [-0.4, -0.2) is 64.8 Å². The maximum absolute atomic E-state index is 11.9. The molecule has 6 nitrogen and oxygen atoms in total. The number of carbonyl (C=O) groups excluding carboxylic acids is 1. The van der Waals surface area contributed by atoms with E-state index >= 15 is 0 Å². The zero-order valence-corrected chi connectivity index (χ0v) is 9.59. The van der Waals surface area contributed by atoms with Gasteiger partial charge in [0.05, 0.1) is 12.6 Å². The van der Waals surface area contributed by atoms with Crippen LogP contribution in [0.5, 0.6) is 0 Å². The minimum atomic E-state index is -1.04. The lowest BCUT2D eigenvalue weighted by Crippen LogP contribution is -2.47. The van der Waals surface area contributed by atoms with Gasteiger partial charge in [-0.15, -0.1) is 0 Å². The van der Waals surface area contributed by atoms with Crippen molar-refractivity contribution in [3.05, 3.63) is 0 Å². The molecule has 0 radical (unpaired) electrons. The van der Waals surface area contributed by atoms with E-state index in [1.807, 2.05) is 6.92 Å². The molecule has 1 rings (SSSR count). The zero-order chi connectivity index (χ0) is 12.3. The number of nitrogens with zero attached hydrogens (tertiary/aromatic N) is 2. The lowest BCUT2D eigenvalue weighted by atomic mass is 10.0. The van der Waals surface area contributed by atoms with E-state index in [1.165, 1.54) is 7.05 Å². The molecule has 0 spiro atoms. The summed E-state index contributed by atoms with van der Waals surface area (Å²) in [5, 5.41) is 17.8. The van der Waals surface area contributed by atoms with Crippen molar-refractivity contribution >= 4 is 12.0 Å². The van der Waals surface area contributed by atoms with Crippen molar-refractivity contribution in [2.24, 2.45) is 5.92 Å². The summed E-state index contributed by atoms with van der Waals surface area (Å²) in [4.78, 5) is 25.1. The van der Waals surface area contributed by atoms with E-state index in [4.69, 9.17) is 5.11 Å². The van der Waals surface area contributed by atoms with Crippen LogP contribution < -0.4 is 0 Å². The number of aliphatic carboxylic acids is 1. The number of hydrogen-bond acceptors (Lipinski definition) is 3. The maximum Gasteiger partial charge on any atom is 0.323 e. The van der Waals surface area contributed by atoms with Crippen LogP contribution in [0.1, 0.15) is 13.3 Å². The Hall–Kier alpha value is -1.30. The van der Waals surface area contributed by atoms with Crippen LogP contribution in [0.15, 0.2) is 0 Å². The van der Waals surface area contributed by atoms with Gasteiger partial charge in [-0.25, -0.2) is 4.79 Å². The molecule has 0 aromatic carbocycles. The third-order valence-corrected chi connectivity index (χ3v) is 3.01. The average Bonchev–Trinajstić information content (AvgIpc) is 2.57. The molecule has 1 saturated heterocycles. The summed E-state index contributed by atoms with van der Waals surface area (Å²) in [5.41, 5.74) is 0. The molecule has 0 bridgehead atoms. The molecule has 1 aliphatic rings. The van der Waals surface area contributed by atoms with Crippen molar-refractivity contribution in [1.29, 1.82) is 0 Å². The molecule has 0 aromatic heterocycles. The molecule has 1 aliphatic heterocycles. The third-order valence-electron chi connectivity index (χ3n) is 3.01. The van der Waals surface area contributed by atoms with Gasteiger partial charge < -0.3 is 20.0 Å². The number of aliphatic hydroxyl groups is 1. The number of carboxylic acid groups (broad SMARTS) is 1. The summed E-state index contributed by atoms with van der Waals surface area (Å²) in [6.45, 7) is 2.16. The number of rotatable bonds is 3. The van der Waals surface area contributed by atoms with Gasteiger partial charge in [0.2, 0.25) is 0 Å². The molecule has 2 N–H and O–H groups in total. The molecule has 0 saturated carbocycles. The van der Waals surface area contributed by atoms with Gasteiger partial charge in [-0.1, -0.05) is 6.92 Å². The molecule has 1 heterocycles. The molecule has 0 aliphatic carbocycles. The first-order valence-corrected chi connectivity index (χ1v) is 5.31. The highest BCUT2D eigenvalue weighted by atomic mass is 16.4. The number of hydrogen-bond donors (Lipinski definition) is 2. The Morgan fingerprint density at radius 3 is 2.62 bits per heavy atom. The fourth-order valence-electron chi connectivity index (χ4n) is 2.01. The highest BCUT2D eigenvalue weighted by Gasteiger charge is 2.35. The van der Waals surface area contributed by atoms with E-state index in [1.54, 1.807) is 4.90 Å². The predicted molar refractivity (Wildman–Crippen MR) is 57.0 cm³/mol. The Morgan fingerprint density at radius 2 is 2.12 bits per heavy atom. The molecule has 1 fully saturated rings. The van der Waals surface area contributed by atoms with Gasteiger partial charge in [0, 0.05) is 13.6 Å². The number of carboxylic acids is 1. The minimum absolute atomic E-state index is 0.0756. The summed E-state index contributed by atoms with van der Waals surface area (Å²) < 4.78 is 0. The number of likely N-dealkylation sites (N-methyl/N-ethyl adjacent to an activating group) is 1. The molecule has 16 heavy (non-hydrogen) atoms. The van der Waals surface area contributed by atoms with Crippen LogP contribution in [0.2, 0.25) is 0 Å². The van der Waals surface area contributed by atoms with Crippen molar-refractivity contribution in [2.45, 2.75) is 19.4 Å². The van der Waals surface area contributed by atoms with Crippen LogP contribution >= 0.6 is 0 Å². The largest absolute Gasteiger partial charge is 0.480 e. The lowest BCUT2D eigenvalue weighted by Gasteiger charge is -2.29. The first kappa shape index (κ1) is 12.8. The van der Waals surface area contributed by atoms with Crippen molar-refractivity contribution in [2.75, 3.05) is 26.7 Å². The van der Waals surface area contributed by atoms with Crippen molar-refractivity contribution in [3.63, 3.8) is 0 Å². The van der Waals surface area contributed by atoms with E-state index in [2.05, 4.69) is 0 Å². The lowest BCUT2D eigenvalue weighted by molar-refractivity contribution is -0.137. The maximum atomic E-state index is 11.9. The second-order valence-corrected chi connectivity index (χ2v) is 4.24. The number of likely N-dealkylation sites (tertiary alicyclic amines) is 1. The molecule has 2 atom stereocenters. The van der Waals surface area contributed by atoms with Gasteiger partial charge in [-0.2, -0.15) is 0 Å². The second-order valence-electron chi connectivity index (χ2n) is 4.24. The van der Waals surface area contributed by atoms with Gasteiger partial charge in [-0.3, -0.25) is 4.79 Å². The van der Waals surface area contributed by atoms with Gasteiger partial charge >= 0.3 is 12.0 Å². The van der Waals surface area contributed by atoms with Gasteiger partial charge in [-0.05, 0) is 12.3 Å². The van der Waals surface area contributed by atoms with Crippen LogP contribution in [0.4, 0.5) is 4.79 Å². The van der Waals surface area contributed by atoms with Crippen LogP contribution in [0.3, 0.4) is 0 Å². The summed E-state index contributed by atoms with van der Waals surface area (Å²) in [6, 6.07) is -0.519. The standard InChI is InChI=1S/C10H18N2O4/c1-7-3-4-12(8(7)6-13)10(16)11(2)5-9(14)15/h7-8,13H,3-6H2,1-2H3,(H,14,15). The Morgan fingerprint density at radius 1 is 1.50 bits per heavy atom. The molecule has 92 valence electrons. The number of aliphatic hydroxyl groups excluding tert-OH is 1. The molecule has 2 unspecified atom stereocenters. The Kier molecular flexibility index (Phi) is 4.12. The second kappa shape index (κ2) is 5.16. The highest BCUT2D eigenvalue weighted by Crippen LogP contribution is 2.24. The van der Waals surface area contributed by atoms with Gasteiger partial charge in [0.1, 0.15) is 6.54 Å². The van der Waals surface area contributed by atoms with Crippen molar-refractivity contribution in [1.82, 2.24) is 9.80 Å². The van der Waals surface area contributed by atoms with Gasteiger partial charge in [0.15, 0.2) is 0 Å². The summed E-state index contributed by atoms with van der Waals surface area (Å²) >= 11 is 0. The quantitative estimate of drug-likeness (QED) is 0.705. The minimum Gasteiger partial charge on any atom is -0.480 e. The van der Waals surface area contributed by atoms with Crippen molar-refractivity contribution < 1.29 is 19.8 Å². The predicted octanol–water partition coefficient (Wildman–Crippen LogP) is -0.175. The highest BCUT2D eigenvalue weighted by molar-refractivity contribution is 5.80. The SMILES string of the molecule is CC1CCN(C(=O)N(C)CC(=O)O)C1CO. The molecular weight excluding hydrogens is 212 g/mol. The molecular formula is C10H18N2O4. The van der Waals surface area contributed by atoms with Crippen LogP contribution in [-0.2, 0) is 4.79 Å². The third kappa shape index (κ3) is 2.63. The normalized spacial score (nSPS) is 24.6. The van der Waals surface area contributed by atoms with E-state index in [0.29, 0.717) is 6.54 Å². The Labute approximate surface area is 94.4 Å². The number of amides is 2. The average molecular weight is 230 g/mol. The molecule has 2 amide bonds. The number of urea groups is 1. The Balaban J connectivity index is 2.63. The Bertz CT molecular complexity index is 282. The smallest absolute Gasteiger partial charge is 0.323 e. The first-order valence-electron chi connectivity index (χ1n) is 5.31. The topological polar surface area (TPSA) is 81.1 Å². The van der Waals surface area contributed by atoms with Gasteiger partial charge in [0.25, 0.3) is 0 Å². The van der Waals surface area contributed by atoms with E-state index < -0.39 is 5.97 Å². The fraction of sp³-hybridized carbons (Fsp3) is 0.800. The van der Waals surface area contributed by atoms with E-state index in [-0.39, 0.29) is 31.1 Å². The van der Waals surface area contributed by atoms with Crippen LogP contribution in [0, 0.1) is 5.92 Å². The first-order chi connectivity index (χ1) is 7.47. The monoisotopic (exact) mass is 230 g/mol. The zero-order valence-electron chi connectivity index (χ0n) is 9.59. The molecule has 6 heteroatoms. The van der Waals surface area contributed by atoms with E-state index in [0.717, 1.165) is 11.3 Å². The summed E-state index contributed by atoms with van der Waals surface area (Å²) in [7, 11) is 1.45. The van der Waals surface area contributed by atoms with Crippen LogP contribution in [0.25, 0.3) is 0 Å².